The lowest BCUT2D eigenvalue weighted by Crippen LogP contribution is -2.44. The molecule has 0 aliphatic carbocycles. The van der Waals surface area contributed by atoms with Crippen LogP contribution in [0.1, 0.15) is 37.6 Å². The van der Waals surface area contributed by atoms with E-state index in [4.69, 9.17) is 5.73 Å². The first kappa shape index (κ1) is 19.9. The molecule has 0 aromatic heterocycles. The molecular weight excluding hydrogens is 323 g/mol. The van der Waals surface area contributed by atoms with E-state index >= 15 is 0 Å². The third kappa shape index (κ3) is 5.20. The highest BCUT2D eigenvalue weighted by Crippen LogP contribution is 2.35. The van der Waals surface area contributed by atoms with Crippen LogP contribution in [0.3, 0.4) is 0 Å². The molecule has 0 aliphatic heterocycles. The van der Waals surface area contributed by atoms with Crippen molar-refractivity contribution in [1.82, 2.24) is 5.32 Å². The average molecular weight is 348 g/mol. The fourth-order valence-electron chi connectivity index (χ4n) is 1.67. The van der Waals surface area contributed by atoms with Gasteiger partial charge in [-0.2, -0.15) is 0 Å². The molecule has 0 aliphatic rings. The van der Waals surface area contributed by atoms with Crippen molar-refractivity contribution in [3.05, 3.63) is 35.6 Å². The number of hydrogen-bond donors (Lipinski definition) is 2. The lowest BCUT2D eigenvalue weighted by molar-refractivity contribution is -0.119. The van der Waals surface area contributed by atoms with E-state index in [9.17, 15) is 14.0 Å². The maximum absolute atomic E-state index is 13.6. The molecule has 0 bridgehead atoms. The molecule has 2 amide bonds. The highest BCUT2D eigenvalue weighted by Gasteiger charge is 2.33. The molecule has 4 nitrogen and oxygen atoms in total. The first-order valence-electron chi connectivity index (χ1n) is 7.80. The van der Waals surface area contributed by atoms with Gasteiger partial charge >= 0.3 is 0 Å². The van der Waals surface area contributed by atoms with Gasteiger partial charge in [0.25, 0.3) is 5.91 Å². The quantitative estimate of drug-likeness (QED) is 0.649. The molecule has 1 aromatic rings. The standard InChI is InChI=1S/C18H25FN2O2Si/c1-18(2,3)24(4,5)12-8-11-15(16(20)22)21-17(23)13-9-6-7-10-14(13)19/h6-7,9-10,15H,11H2,1-5H3,(H2,20,22)(H,21,23)/t15-/m1/s1. The summed E-state index contributed by atoms with van der Waals surface area (Å²) < 4.78 is 13.6. The molecule has 0 unspecified atom stereocenters. The van der Waals surface area contributed by atoms with Gasteiger partial charge < -0.3 is 11.1 Å². The number of benzene rings is 1. The van der Waals surface area contributed by atoms with Gasteiger partial charge in [0.1, 0.15) is 19.9 Å². The van der Waals surface area contributed by atoms with Crippen molar-refractivity contribution in [2.24, 2.45) is 5.73 Å². The minimum absolute atomic E-state index is 0.0959. The van der Waals surface area contributed by atoms with E-state index in [0.29, 0.717) is 0 Å². The summed E-state index contributed by atoms with van der Waals surface area (Å²) in [7, 11) is -1.81. The number of amides is 2. The molecule has 1 rings (SSSR count). The summed E-state index contributed by atoms with van der Waals surface area (Å²) in [6, 6.07) is 4.63. The molecule has 24 heavy (non-hydrogen) atoms. The molecule has 3 N–H and O–H groups in total. The Hall–Kier alpha value is -2.13. The maximum atomic E-state index is 13.6. The second-order valence-corrected chi connectivity index (χ2v) is 12.3. The van der Waals surface area contributed by atoms with Crippen molar-refractivity contribution in [2.75, 3.05) is 0 Å². The van der Waals surface area contributed by atoms with Gasteiger partial charge in [-0.15, -0.1) is 11.5 Å². The molecule has 0 spiro atoms. The Balaban J connectivity index is 2.86. The SMILES string of the molecule is CC(C)(C)[Si](C)(C)C#CC[C@@H](NC(=O)c1ccccc1F)C(N)=O. The zero-order valence-electron chi connectivity index (χ0n) is 14.9. The number of halogens is 1. The fourth-order valence-corrected chi connectivity index (χ4v) is 2.58. The zero-order chi connectivity index (χ0) is 18.5. The second kappa shape index (κ2) is 7.62. The van der Waals surface area contributed by atoms with Crippen LogP contribution in [0.2, 0.25) is 18.1 Å². The fraction of sp³-hybridized carbons (Fsp3) is 0.444. The van der Waals surface area contributed by atoms with Gasteiger partial charge in [-0.3, -0.25) is 9.59 Å². The highest BCUT2D eigenvalue weighted by atomic mass is 28.3. The lowest BCUT2D eigenvalue weighted by Gasteiger charge is -2.31. The van der Waals surface area contributed by atoms with Crippen molar-refractivity contribution in [2.45, 2.75) is 51.4 Å². The molecule has 0 saturated carbocycles. The van der Waals surface area contributed by atoms with Gasteiger partial charge in [0.15, 0.2) is 0 Å². The van der Waals surface area contributed by atoms with Crippen molar-refractivity contribution in [3.63, 3.8) is 0 Å². The van der Waals surface area contributed by atoms with Gasteiger partial charge in [-0.25, -0.2) is 4.39 Å². The van der Waals surface area contributed by atoms with Crippen LogP contribution in [0.4, 0.5) is 4.39 Å². The number of rotatable bonds is 4. The van der Waals surface area contributed by atoms with Crippen molar-refractivity contribution in [1.29, 1.82) is 0 Å². The zero-order valence-corrected chi connectivity index (χ0v) is 15.9. The molecular formula is C18H25FN2O2Si. The third-order valence-corrected chi connectivity index (χ3v) is 8.90. The molecule has 0 saturated heterocycles. The van der Waals surface area contributed by atoms with Crippen LogP contribution < -0.4 is 11.1 Å². The van der Waals surface area contributed by atoms with Crippen LogP contribution in [0.15, 0.2) is 24.3 Å². The molecule has 1 aromatic carbocycles. The molecule has 1 atom stereocenters. The van der Waals surface area contributed by atoms with E-state index in [2.05, 4.69) is 50.6 Å². The normalized spacial score (nSPS) is 12.8. The van der Waals surface area contributed by atoms with Crippen LogP contribution in [0.25, 0.3) is 0 Å². The minimum Gasteiger partial charge on any atom is -0.368 e. The van der Waals surface area contributed by atoms with Crippen LogP contribution >= 0.6 is 0 Å². The van der Waals surface area contributed by atoms with Crippen LogP contribution in [0, 0.1) is 17.3 Å². The maximum Gasteiger partial charge on any atom is 0.254 e. The second-order valence-electron chi connectivity index (χ2n) is 7.29. The summed E-state index contributed by atoms with van der Waals surface area (Å²) in [4.78, 5) is 23.7. The van der Waals surface area contributed by atoms with Gasteiger partial charge in [0.2, 0.25) is 5.91 Å². The number of nitrogens with two attached hydrogens (primary N) is 1. The number of hydrogen-bond acceptors (Lipinski definition) is 2. The van der Waals surface area contributed by atoms with Crippen LogP contribution in [0.5, 0.6) is 0 Å². The van der Waals surface area contributed by atoms with Crippen LogP contribution in [-0.2, 0) is 4.79 Å². The van der Waals surface area contributed by atoms with Crippen molar-refractivity contribution >= 4 is 19.9 Å². The minimum atomic E-state index is -1.81. The highest BCUT2D eigenvalue weighted by molar-refractivity contribution is 6.87. The largest absolute Gasteiger partial charge is 0.368 e. The van der Waals surface area contributed by atoms with Gasteiger partial charge in [-0.1, -0.05) is 46.0 Å². The Bertz CT molecular complexity index is 684. The smallest absolute Gasteiger partial charge is 0.254 e. The Morgan fingerprint density at radius 3 is 2.38 bits per heavy atom. The molecule has 0 radical (unpaired) electrons. The molecule has 0 heterocycles. The van der Waals surface area contributed by atoms with Crippen LogP contribution in [-0.4, -0.2) is 25.9 Å². The van der Waals surface area contributed by atoms with E-state index in [1.807, 2.05) is 0 Å². The first-order chi connectivity index (χ1) is 11.0. The Labute approximate surface area is 144 Å². The lowest BCUT2D eigenvalue weighted by atomic mass is 10.1. The summed E-state index contributed by atoms with van der Waals surface area (Å²) in [5.41, 5.74) is 8.47. The number of primary amides is 1. The monoisotopic (exact) mass is 348 g/mol. The van der Waals surface area contributed by atoms with E-state index < -0.39 is 31.7 Å². The Morgan fingerprint density at radius 2 is 1.88 bits per heavy atom. The first-order valence-corrected chi connectivity index (χ1v) is 10.8. The predicted octanol–water partition coefficient (Wildman–Crippen LogP) is 2.85. The summed E-state index contributed by atoms with van der Waals surface area (Å²) in [6.07, 6.45) is 0.113. The summed E-state index contributed by atoms with van der Waals surface area (Å²) >= 11 is 0. The van der Waals surface area contributed by atoms with E-state index in [0.717, 1.165) is 0 Å². The third-order valence-electron chi connectivity index (χ3n) is 4.35. The van der Waals surface area contributed by atoms with E-state index in [1.165, 1.54) is 18.2 Å². The summed E-state index contributed by atoms with van der Waals surface area (Å²) in [5, 5.41) is 2.55. The van der Waals surface area contributed by atoms with Crippen molar-refractivity contribution < 1.29 is 14.0 Å². The Kier molecular flexibility index (Phi) is 6.33. The number of carbonyl (C=O) groups is 2. The summed E-state index contributed by atoms with van der Waals surface area (Å²) in [5.74, 6) is 0.974. The van der Waals surface area contributed by atoms with E-state index in [1.54, 1.807) is 6.07 Å². The van der Waals surface area contributed by atoms with E-state index in [-0.39, 0.29) is 17.0 Å². The molecule has 130 valence electrons. The average Bonchev–Trinajstić information content (AvgIpc) is 2.45. The predicted molar refractivity (Wildman–Crippen MR) is 96.4 cm³/mol. The molecule has 6 heteroatoms. The van der Waals surface area contributed by atoms with Gasteiger partial charge in [0, 0.05) is 6.42 Å². The molecule has 0 fully saturated rings. The number of nitrogens with one attached hydrogen (secondary N) is 1. The topological polar surface area (TPSA) is 72.2 Å². The van der Waals surface area contributed by atoms with Gasteiger partial charge in [0.05, 0.1) is 5.56 Å². The number of carbonyl (C=O) groups excluding carboxylic acids is 2. The van der Waals surface area contributed by atoms with Crippen molar-refractivity contribution in [3.8, 4) is 11.5 Å². The Morgan fingerprint density at radius 1 is 1.29 bits per heavy atom. The van der Waals surface area contributed by atoms with Gasteiger partial charge in [-0.05, 0) is 17.2 Å². The summed E-state index contributed by atoms with van der Waals surface area (Å²) in [6.45, 7) is 10.7.